The highest BCUT2D eigenvalue weighted by Gasteiger charge is 2.27. The zero-order chi connectivity index (χ0) is 11.7. The number of aromatic nitrogens is 2. The van der Waals surface area contributed by atoms with Crippen LogP contribution in [0.25, 0.3) is 0 Å². The van der Waals surface area contributed by atoms with Crippen molar-refractivity contribution < 1.29 is 5.11 Å². The maximum atomic E-state index is 9.98. The lowest BCUT2D eigenvalue weighted by Gasteiger charge is -2.28. The van der Waals surface area contributed by atoms with E-state index in [1.54, 1.807) is 0 Å². The van der Waals surface area contributed by atoms with Crippen molar-refractivity contribution in [2.75, 3.05) is 5.73 Å². The van der Waals surface area contributed by atoms with E-state index < -0.39 is 0 Å². The van der Waals surface area contributed by atoms with E-state index in [1.165, 1.54) is 0 Å². The van der Waals surface area contributed by atoms with Gasteiger partial charge in [0, 0.05) is 6.07 Å². The van der Waals surface area contributed by atoms with Gasteiger partial charge in [-0.3, -0.25) is 0 Å². The fourth-order valence-electron chi connectivity index (χ4n) is 2.35. The minimum absolute atomic E-state index is 0.0706. The molecule has 2 atom stereocenters. The Bertz CT molecular complexity index is 359. The van der Waals surface area contributed by atoms with Crippen LogP contribution in [0.5, 0.6) is 0 Å². The maximum Gasteiger partial charge on any atom is 0.122 e. The first kappa shape index (κ1) is 11.5. The molecule has 1 fully saturated rings. The molecule has 1 aromatic rings. The summed E-state index contributed by atoms with van der Waals surface area (Å²) in [5.41, 5.74) is 6.97. The zero-order valence-electron chi connectivity index (χ0n) is 10.1. The van der Waals surface area contributed by atoms with E-state index >= 15 is 0 Å². The Balaban J connectivity index is 2.24. The highest BCUT2D eigenvalue weighted by atomic mass is 16.3. The van der Waals surface area contributed by atoms with Crippen molar-refractivity contribution in [2.24, 2.45) is 0 Å². The molecule has 2 unspecified atom stereocenters. The van der Waals surface area contributed by atoms with Crippen LogP contribution in [0.2, 0.25) is 0 Å². The van der Waals surface area contributed by atoms with Gasteiger partial charge in [0.25, 0.3) is 0 Å². The molecule has 1 aliphatic carbocycles. The fraction of sp³-hybridized carbons (Fsp3) is 0.750. The van der Waals surface area contributed by atoms with Crippen LogP contribution < -0.4 is 5.73 Å². The van der Waals surface area contributed by atoms with E-state index in [-0.39, 0.29) is 12.1 Å². The molecule has 0 saturated heterocycles. The molecule has 1 saturated carbocycles. The van der Waals surface area contributed by atoms with Crippen molar-refractivity contribution in [2.45, 2.75) is 57.6 Å². The standard InChI is InChI=1S/C12H21N3O/c1-8(2)9-7-12(13)15(14-9)10-5-3-4-6-11(10)16/h7-8,10-11,16H,3-6,13H2,1-2H3. The highest BCUT2D eigenvalue weighted by molar-refractivity contribution is 5.32. The van der Waals surface area contributed by atoms with E-state index in [2.05, 4.69) is 18.9 Å². The summed E-state index contributed by atoms with van der Waals surface area (Å²) >= 11 is 0. The molecule has 90 valence electrons. The first-order valence-electron chi connectivity index (χ1n) is 6.12. The third kappa shape index (κ3) is 2.07. The summed E-state index contributed by atoms with van der Waals surface area (Å²) in [6.45, 7) is 4.20. The number of anilines is 1. The average Bonchev–Trinajstić information content (AvgIpc) is 2.61. The van der Waals surface area contributed by atoms with Crippen molar-refractivity contribution in [3.63, 3.8) is 0 Å². The number of hydrogen-bond acceptors (Lipinski definition) is 3. The van der Waals surface area contributed by atoms with Crippen LogP contribution in [-0.4, -0.2) is 21.0 Å². The van der Waals surface area contributed by atoms with Gasteiger partial charge in [0.2, 0.25) is 0 Å². The Morgan fingerprint density at radius 1 is 1.44 bits per heavy atom. The summed E-state index contributed by atoms with van der Waals surface area (Å²) in [6.07, 6.45) is 3.80. The van der Waals surface area contributed by atoms with Gasteiger partial charge in [0.1, 0.15) is 5.82 Å². The summed E-state index contributed by atoms with van der Waals surface area (Å²) in [7, 11) is 0. The molecular weight excluding hydrogens is 202 g/mol. The molecule has 0 radical (unpaired) electrons. The van der Waals surface area contributed by atoms with Crippen molar-refractivity contribution in [1.29, 1.82) is 0 Å². The van der Waals surface area contributed by atoms with E-state index in [0.717, 1.165) is 31.4 Å². The SMILES string of the molecule is CC(C)c1cc(N)n(C2CCCCC2O)n1. The van der Waals surface area contributed by atoms with Crippen LogP contribution in [0.1, 0.15) is 57.2 Å². The molecule has 0 bridgehead atoms. The van der Waals surface area contributed by atoms with E-state index in [4.69, 9.17) is 5.73 Å². The van der Waals surface area contributed by atoms with Crippen molar-refractivity contribution >= 4 is 5.82 Å². The molecule has 0 aromatic carbocycles. The van der Waals surface area contributed by atoms with E-state index in [9.17, 15) is 5.11 Å². The smallest absolute Gasteiger partial charge is 0.122 e. The topological polar surface area (TPSA) is 64.1 Å². The Kier molecular flexibility index (Phi) is 3.19. The second-order valence-corrected chi connectivity index (χ2v) is 5.01. The number of aliphatic hydroxyl groups is 1. The van der Waals surface area contributed by atoms with Crippen LogP contribution in [0.15, 0.2) is 6.07 Å². The molecule has 0 aliphatic heterocycles. The Morgan fingerprint density at radius 3 is 2.69 bits per heavy atom. The number of rotatable bonds is 2. The number of hydrogen-bond donors (Lipinski definition) is 2. The highest BCUT2D eigenvalue weighted by Crippen LogP contribution is 2.31. The van der Waals surface area contributed by atoms with Gasteiger partial charge in [-0.2, -0.15) is 5.10 Å². The molecule has 1 heterocycles. The van der Waals surface area contributed by atoms with Crippen molar-refractivity contribution in [3.05, 3.63) is 11.8 Å². The van der Waals surface area contributed by atoms with Crippen LogP contribution in [0.4, 0.5) is 5.82 Å². The first-order valence-corrected chi connectivity index (χ1v) is 6.12. The predicted octanol–water partition coefficient (Wildman–Crippen LogP) is 2.06. The summed E-state index contributed by atoms with van der Waals surface area (Å²) in [6, 6.07) is 1.99. The molecule has 16 heavy (non-hydrogen) atoms. The van der Waals surface area contributed by atoms with Gasteiger partial charge in [-0.25, -0.2) is 4.68 Å². The van der Waals surface area contributed by atoms with Gasteiger partial charge in [-0.05, 0) is 18.8 Å². The van der Waals surface area contributed by atoms with Gasteiger partial charge < -0.3 is 10.8 Å². The second kappa shape index (κ2) is 4.45. The first-order chi connectivity index (χ1) is 7.59. The maximum absolute atomic E-state index is 9.98. The lowest BCUT2D eigenvalue weighted by atomic mass is 9.93. The predicted molar refractivity (Wildman–Crippen MR) is 64.2 cm³/mol. The second-order valence-electron chi connectivity index (χ2n) is 5.01. The molecule has 0 amide bonds. The Hall–Kier alpha value is -1.03. The Labute approximate surface area is 96.5 Å². The summed E-state index contributed by atoms with van der Waals surface area (Å²) in [5, 5.41) is 14.5. The van der Waals surface area contributed by atoms with Crippen LogP contribution in [-0.2, 0) is 0 Å². The van der Waals surface area contributed by atoms with Crippen LogP contribution in [0.3, 0.4) is 0 Å². The normalized spacial score (nSPS) is 26.2. The van der Waals surface area contributed by atoms with Crippen molar-refractivity contribution in [3.8, 4) is 0 Å². The lowest BCUT2D eigenvalue weighted by molar-refractivity contribution is 0.0703. The molecule has 0 spiro atoms. The number of aliphatic hydroxyl groups excluding tert-OH is 1. The monoisotopic (exact) mass is 223 g/mol. The number of nitrogens with two attached hydrogens (primary N) is 1. The third-order valence-electron chi connectivity index (χ3n) is 3.38. The molecule has 1 aliphatic rings. The average molecular weight is 223 g/mol. The lowest BCUT2D eigenvalue weighted by Crippen LogP contribution is -2.29. The number of nitrogens with zero attached hydrogens (tertiary/aromatic N) is 2. The van der Waals surface area contributed by atoms with E-state index in [1.807, 2.05) is 10.7 Å². The molecule has 1 aromatic heterocycles. The fourth-order valence-corrected chi connectivity index (χ4v) is 2.35. The molecular formula is C12H21N3O. The summed E-state index contributed by atoms with van der Waals surface area (Å²) in [5.74, 6) is 1.05. The van der Waals surface area contributed by atoms with Crippen LogP contribution >= 0.6 is 0 Å². The third-order valence-corrected chi connectivity index (χ3v) is 3.38. The molecule has 3 N–H and O–H groups in total. The quantitative estimate of drug-likeness (QED) is 0.806. The van der Waals surface area contributed by atoms with Gasteiger partial charge >= 0.3 is 0 Å². The minimum atomic E-state index is -0.295. The van der Waals surface area contributed by atoms with Gasteiger partial charge in [-0.1, -0.05) is 26.7 Å². The van der Waals surface area contributed by atoms with Crippen molar-refractivity contribution in [1.82, 2.24) is 9.78 Å². The molecule has 2 rings (SSSR count). The van der Waals surface area contributed by atoms with Crippen LogP contribution in [0, 0.1) is 0 Å². The zero-order valence-corrected chi connectivity index (χ0v) is 10.1. The molecule has 4 nitrogen and oxygen atoms in total. The summed E-state index contributed by atoms with van der Waals surface area (Å²) in [4.78, 5) is 0. The van der Waals surface area contributed by atoms with E-state index in [0.29, 0.717) is 11.7 Å². The largest absolute Gasteiger partial charge is 0.391 e. The Morgan fingerprint density at radius 2 is 2.12 bits per heavy atom. The van der Waals surface area contributed by atoms with Gasteiger partial charge in [0.05, 0.1) is 17.8 Å². The molecule has 4 heteroatoms. The van der Waals surface area contributed by atoms with Gasteiger partial charge in [0.15, 0.2) is 0 Å². The van der Waals surface area contributed by atoms with Gasteiger partial charge in [-0.15, -0.1) is 0 Å². The summed E-state index contributed by atoms with van der Waals surface area (Å²) < 4.78 is 1.82. The number of nitrogen functional groups attached to an aromatic ring is 1. The minimum Gasteiger partial charge on any atom is -0.391 e.